The van der Waals surface area contributed by atoms with E-state index in [9.17, 15) is 73.2 Å². The summed E-state index contributed by atoms with van der Waals surface area (Å²) in [5.74, 6) is -12.6. The molecule has 0 radical (unpaired) electrons. The first kappa shape index (κ1) is 61.0. The molecule has 0 aliphatic heterocycles. The summed E-state index contributed by atoms with van der Waals surface area (Å²) in [5.41, 5.74) is 6.92. The number of amides is 7. The Morgan fingerprint density at radius 2 is 0.972 bits per heavy atom. The van der Waals surface area contributed by atoms with Gasteiger partial charge in [-0.15, -0.1) is 0 Å². The van der Waals surface area contributed by atoms with E-state index in [-0.39, 0.29) is 38.0 Å². The van der Waals surface area contributed by atoms with Gasteiger partial charge in [0.1, 0.15) is 36.3 Å². The van der Waals surface area contributed by atoms with Crippen molar-refractivity contribution >= 4 is 77.0 Å². The molecule has 0 unspecified atom stereocenters. The van der Waals surface area contributed by atoms with E-state index in [1.54, 1.807) is 80.8 Å². The highest BCUT2D eigenvalue weighted by atomic mass is 32.2. The number of aliphatic hydroxyl groups is 1. The number of aliphatic hydroxyl groups excluding tert-OH is 1. The minimum Gasteiger partial charge on any atom is -0.481 e. The van der Waals surface area contributed by atoms with Crippen LogP contribution in [-0.4, -0.2) is 157 Å². The second-order valence-electron chi connectivity index (χ2n) is 17.3. The third-order valence-electron chi connectivity index (χ3n) is 10.8. The molecule has 24 nitrogen and oxygen atoms in total. The van der Waals surface area contributed by atoms with E-state index in [1.165, 1.54) is 11.8 Å². The third-order valence-corrected chi connectivity index (χ3v) is 11.5. The van der Waals surface area contributed by atoms with E-state index in [4.69, 9.17) is 10.8 Å². The van der Waals surface area contributed by atoms with Gasteiger partial charge in [-0.25, -0.2) is 4.79 Å². The molecular formula is C47H66N8O16S. The van der Waals surface area contributed by atoms with Crippen LogP contribution in [0.3, 0.4) is 0 Å². The van der Waals surface area contributed by atoms with Crippen molar-refractivity contribution in [2.45, 2.75) is 133 Å². The van der Waals surface area contributed by atoms with E-state index in [1.807, 2.05) is 0 Å². The van der Waals surface area contributed by atoms with Crippen LogP contribution in [0.25, 0.3) is 0 Å². The smallest absolute Gasteiger partial charge is 0.326 e. The zero-order chi connectivity index (χ0) is 54.1. The molecular weight excluding hydrogens is 965 g/mol. The van der Waals surface area contributed by atoms with E-state index >= 15 is 0 Å². The summed E-state index contributed by atoms with van der Waals surface area (Å²) in [4.78, 5) is 141. The standard InChI is InChI=1S/C47H66N8O16S/c1-25(2)21-33(53-43(66)31(19-20-72-4)51-41(64)29(48)15-17-36(56)57)45(68)52-32(22-27-11-7-5-8-12-27)39(62)46(69)54-34(24-38(60)61)44(67)49-26(3)40(63)50-30(16-18-37(58)59)42(65)55-35(47(70)71)23-28-13-9-6-10-14-28/h5-14,25-26,29-35,39,62H,15-24,48H2,1-4H3,(H,49,67)(H,50,63)(H,51,64)(H,52,68)(H,53,66)(H,54,69)(H,55,65)(H,56,57)(H,58,59)(H,60,61)(H,70,71)/t26-,29-,30-,31-,32-,33-,34-,35-,39+/m0/s1. The Labute approximate surface area is 419 Å². The lowest BCUT2D eigenvalue weighted by Crippen LogP contribution is -2.60. The Kier molecular flexibility index (Phi) is 26.5. The molecule has 0 heterocycles. The van der Waals surface area contributed by atoms with Crippen molar-refractivity contribution in [1.82, 2.24) is 37.2 Å². The van der Waals surface area contributed by atoms with Gasteiger partial charge in [0.2, 0.25) is 35.4 Å². The van der Waals surface area contributed by atoms with Crippen molar-refractivity contribution in [3.05, 3.63) is 71.8 Å². The van der Waals surface area contributed by atoms with Crippen molar-refractivity contribution in [2.75, 3.05) is 12.0 Å². The van der Waals surface area contributed by atoms with Gasteiger partial charge in [0, 0.05) is 19.3 Å². The van der Waals surface area contributed by atoms with Crippen LogP contribution in [0.15, 0.2) is 60.7 Å². The molecule has 0 bridgehead atoms. The molecule has 0 aliphatic rings. The van der Waals surface area contributed by atoms with Gasteiger partial charge in [0.15, 0.2) is 6.10 Å². The van der Waals surface area contributed by atoms with Gasteiger partial charge < -0.3 is 68.5 Å². The molecule has 7 amide bonds. The first-order valence-corrected chi connectivity index (χ1v) is 24.3. The SMILES string of the molecule is CSCC[C@H](NC(=O)[C@@H](N)CCC(=O)O)C(=O)N[C@@H](CC(C)C)C(=O)N[C@@H](Cc1ccccc1)[C@@H](O)C(=O)N[C@@H](CC(=O)O)C(=O)N[C@@H](C)C(=O)N[C@@H](CCC(=O)O)C(=O)N[C@@H](Cc1ccccc1)C(=O)O. The minimum absolute atomic E-state index is 0.0218. The zero-order valence-corrected chi connectivity index (χ0v) is 41.1. The Hall–Kier alpha value is -7.12. The second kappa shape index (κ2) is 31.3. The molecule has 25 heteroatoms. The summed E-state index contributed by atoms with van der Waals surface area (Å²) in [6, 6.07) is 4.52. The third kappa shape index (κ3) is 22.7. The quantitative estimate of drug-likeness (QED) is 0.0393. The molecule has 0 saturated heterocycles. The van der Waals surface area contributed by atoms with Crippen molar-refractivity contribution in [1.29, 1.82) is 0 Å². The van der Waals surface area contributed by atoms with Crippen molar-refractivity contribution in [3.8, 4) is 0 Å². The fraction of sp³-hybridized carbons (Fsp3) is 0.511. The highest BCUT2D eigenvalue weighted by Crippen LogP contribution is 2.13. The van der Waals surface area contributed by atoms with Crippen LogP contribution in [0.2, 0.25) is 0 Å². The number of carboxylic acids is 4. The Bertz CT molecular complexity index is 2190. The number of rotatable bonds is 33. The Balaban J connectivity index is 2.33. The maximum Gasteiger partial charge on any atom is 0.326 e. The van der Waals surface area contributed by atoms with E-state index in [2.05, 4.69) is 37.2 Å². The molecule has 0 aromatic heterocycles. The van der Waals surface area contributed by atoms with Crippen LogP contribution in [0.4, 0.5) is 0 Å². The number of carbonyl (C=O) groups is 11. The van der Waals surface area contributed by atoms with Crippen molar-refractivity contribution in [3.63, 3.8) is 0 Å². The van der Waals surface area contributed by atoms with Crippen LogP contribution < -0.4 is 43.0 Å². The molecule has 0 spiro atoms. The minimum atomic E-state index is -2.19. The predicted octanol–water partition coefficient (Wildman–Crippen LogP) is -1.34. The van der Waals surface area contributed by atoms with Gasteiger partial charge in [-0.05, 0) is 68.1 Å². The first-order chi connectivity index (χ1) is 33.9. The van der Waals surface area contributed by atoms with Crippen LogP contribution >= 0.6 is 11.8 Å². The summed E-state index contributed by atoms with van der Waals surface area (Å²) in [5, 5.41) is 66.0. The summed E-state index contributed by atoms with van der Waals surface area (Å²) in [6.07, 6.45) is -3.53. The molecule has 2 rings (SSSR count). The number of hydrogen-bond acceptors (Lipinski definition) is 14. The molecule has 2 aromatic rings. The number of nitrogens with one attached hydrogen (secondary N) is 7. The maximum absolute atomic E-state index is 14.1. The molecule has 396 valence electrons. The largest absolute Gasteiger partial charge is 0.481 e. The zero-order valence-electron chi connectivity index (χ0n) is 40.3. The monoisotopic (exact) mass is 1030 g/mol. The van der Waals surface area contributed by atoms with Crippen LogP contribution in [0, 0.1) is 5.92 Å². The van der Waals surface area contributed by atoms with Crippen LogP contribution in [0.5, 0.6) is 0 Å². The van der Waals surface area contributed by atoms with E-state index < -0.39 is 145 Å². The Morgan fingerprint density at radius 1 is 0.514 bits per heavy atom. The van der Waals surface area contributed by atoms with Gasteiger partial charge in [0.05, 0.1) is 18.5 Å². The number of nitrogens with two attached hydrogens (primary N) is 1. The average molecular weight is 1030 g/mol. The second-order valence-corrected chi connectivity index (χ2v) is 18.3. The van der Waals surface area contributed by atoms with Crippen molar-refractivity contribution < 1.29 is 78.3 Å². The summed E-state index contributed by atoms with van der Waals surface area (Å²) in [6.45, 7) is 4.63. The summed E-state index contributed by atoms with van der Waals surface area (Å²) in [7, 11) is 0. The first-order valence-electron chi connectivity index (χ1n) is 22.9. The lowest BCUT2D eigenvalue weighted by molar-refractivity contribution is -0.143. The van der Waals surface area contributed by atoms with E-state index in [0.29, 0.717) is 16.9 Å². The van der Waals surface area contributed by atoms with Gasteiger partial charge in [-0.1, -0.05) is 74.5 Å². The molecule has 0 saturated carbocycles. The molecule has 0 fully saturated rings. The fourth-order valence-corrected chi connectivity index (χ4v) is 7.39. The number of carboxylic acid groups (broad SMARTS) is 4. The summed E-state index contributed by atoms with van der Waals surface area (Å²) >= 11 is 1.36. The maximum atomic E-state index is 14.1. The topological polar surface area (TPSA) is 399 Å². The normalized spacial score (nSPS) is 14.8. The molecule has 72 heavy (non-hydrogen) atoms. The van der Waals surface area contributed by atoms with Crippen LogP contribution in [-0.2, 0) is 65.6 Å². The van der Waals surface area contributed by atoms with E-state index in [0.717, 1.165) is 6.92 Å². The van der Waals surface area contributed by atoms with Gasteiger partial charge in [-0.3, -0.25) is 47.9 Å². The van der Waals surface area contributed by atoms with Crippen LogP contribution in [0.1, 0.15) is 76.8 Å². The lowest BCUT2D eigenvalue weighted by atomic mass is 9.98. The predicted molar refractivity (Wildman–Crippen MR) is 260 cm³/mol. The number of carbonyl (C=O) groups excluding carboxylic acids is 7. The molecule has 2 aromatic carbocycles. The highest BCUT2D eigenvalue weighted by Gasteiger charge is 2.36. The number of benzene rings is 2. The highest BCUT2D eigenvalue weighted by molar-refractivity contribution is 7.98. The lowest BCUT2D eigenvalue weighted by Gasteiger charge is -2.29. The average Bonchev–Trinajstić information content (AvgIpc) is 3.31. The Morgan fingerprint density at radius 3 is 1.49 bits per heavy atom. The number of thioether (sulfide) groups is 1. The molecule has 14 N–H and O–H groups in total. The summed E-state index contributed by atoms with van der Waals surface area (Å²) < 4.78 is 0. The molecule has 0 aliphatic carbocycles. The van der Waals surface area contributed by atoms with Gasteiger partial charge >= 0.3 is 23.9 Å². The molecule has 9 atom stereocenters. The fourth-order valence-electron chi connectivity index (χ4n) is 6.92. The van der Waals surface area contributed by atoms with Crippen molar-refractivity contribution in [2.24, 2.45) is 11.7 Å². The number of aliphatic carboxylic acids is 4. The van der Waals surface area contributed by atoms with Gasteiger partial charge in [-0.2, -0.15) is 11.8 Å². The van der Waals surface area contributed by atoms with Gasteiger partial charge in [0.25, 0.3) is 5.91 Å². The number of hydrogen-bond donors (Lipinski definition) is 13.